The van der Waals surface area contributed by atoms with E-state index in [0.717, 1.165) is 18.5 Å². The van der Waals surface area contributed by atoms with Crippen LogP contribution in [0.25, 0.3) is 0 Å². The van der Waals surface area contributed by atoms with E-state index in [1.165, 1.54) is 0 Å². The first-order valence-corrected chi connectivity index (χ1v) is 7.96. The van der Waals surface area contributed by atoms with Crippen LogP contribution in [0, 0.1) is 6.92 Å². The SMILES string of the molecule is Cc1nc(NS(=O)(=O)c2ccccc2)cc(C2CC2)n1. The summed E-state index contributed by atoms with van der Waals surface area (Å²) in [7, 11) is -3.59. The topological polar surface area (TPSA) is 72.0 Å². The van der Waals surface area contributed by atoms with Crippen molar-refractivity contribution in [3.05, 3.63) is 47.9 Å². The zero-order valence-electron chi connectivity index (χ0n) is 11.1. The summed E-state index contributed by atoms with van der Waals surface area (Å²) in [5.74, 6) is 1.38. The van der Waals surface area contributed by atoms with Crippen molar-refractivity contribution in [3.63, 3.8) is 0 Å². The molecule has 1 aliphatic rings. The Hall–Kier alpha value is -1.95. The third kappa shape index (κ3) is 2.80. The maximum Gasteiger partial charge on any atom is 0.263 e. The molecule has 1 N–H and O–H groups in total. The molecule has 1 aromatic carbocycles. The van der Waals surface area contributed by atoms with E-state index in [1.807, 2.05) is 0 Å². The zero-order valence-corrected chi connectivity index (χ0v) is 11.9. The summed E-state index contributed by atoms with van der Waals surface area (Å²) in [6, 6.07) is 9.99. The van der Waals surface area contributed by atoms with Gasteiger partial charge in [0, 0.05) is 17.7 Å². The van der Waals surface area contributed by atoms with E-state index in [2.05, 4.69) is 14.7 Å². The van der Waals surface area contributed by atoms with Gasteiger partial charge >= 0.3 is 0 Å². The van der Waals surface area contributed by atoms with E-state index >= 15 is 0 Å². The molecule has 0 spiro atoms. The van der Waals surface area contributed by atoms with E-state index in [9.17, 15) is 8.42 Å². The second-order valence-corrected chi connectivity index (χ2v) is 6.60. The molecule has 0 aliphatic heterocycles. The highest BCUT2D eigenvalue weighted by Gasteiger charge is 2.26. The van der Waals surface area contributed by atoms with E-state index in [-0.39, 0.29) is 4.90 Å². The number of aromatic nitrogens is 2. The lowest BCUT2D eigenvalue weighted by atomic mass is 10.3. The molecule has 1 heterocycles. The number of hydrogen-bond donors (Lipinski definition) is 1. The number of aryl methyl sites for hydroxylation is 1. The molecule has 0 saturated heterocycles. The first-order chi connectivity index (χ1) is 9.54. The number of anilines is 1. The van der Waals surface area contributed by atoms with Crippen molar-refractivity contribution >= 4 is 15.8 Å². The average Bonchev–Trinajstić information content (AvgIpc) is 3.23. The third-order valence-corrected chi connectivity index (χ3v) is 4.52. The molecule has 1 aromatic heterocycles. The first-order valence-electron chi connectivity index (χ1n) is 6.48. The van der Waals surface area contributed by atoms with Gasteiger partial charge in [-0.2, -0.15) is 0 Å². The maximum atomic E-state index is 12.2. The fourth-order valence-electron chi connectivity index (χ4n) is 2.03. The largest absolute Gasteiger partial charge is 0.263 e. The van der Waals surface area contributed by atoms with Crippen LogP contribution in [0.5, 0.6) is 0 Å². The van der Waals surface area contributed by atoms with Crippen molar-refractivity contribution in [3.8, 4) is 0 Å². The van der Waals surface area contributed by atoms with Gasteiger partial charge in [0.1, 0.15) is 11.6 Å². The maximum absolute atomic E-state index is 12.2. The Morgan fingerprint density at radius 1 is 1.15 bits per heavy atom. The standard InChI is InChI=1S/C14H15N3O2S/c1-10-15-13(11-7-8-11)9-14(16-10)17-20(18,19)12-5-3-2-4-6-12/h2-6,9,11H,7-8H2,1H3,(H,15,16,17). The van der Waals surface area contributed by atoms with Gasteiger partial charge in [0.2, 0.25) is 0 Å². The molecule has 0 radical (unpaired) electrons. The summed E-state index contributed by atoms with van der Waals surface area (Å²) in [6.07, 6.45) is 2.22. The molecule has 0 unspecified atom stereocenters. The molecular formula is C14H15N3O2S. The van der Waals surface area contributed by atoms with Gasteiger partial charge in [-0.3, -0.25) is 4.72 Å². The highest BCUT2D eigenvalue weighted by molar-refractivity contribution is 7.92. The van der Waals surface area contributed by atoms with Crippen LogP contribution in [-0.2, 0) is 10.0 Å². The number of nitrogens with one attached hydrogen (secondary N) is 1. The predicted molar refractivity (Wildman–Crippen MR) is 76.0 cm³/mol. The monoisotopic (exact) mass is 289 g/mol. The highest BCUT2D eigenvalue weighted by atomic mass is 32.2. The molecule has 0 atom stereocenters. The molecule has 2 aromatic rings. The predicted octanol–water partition coefficient (Wildman–Crippen LogP) is 2.46. The number of rotatable bonds is 4. The lowest BCUT2D eigenvalue weighted by molar-refractivity contribution is 0.601. The first kappa shape index (κ1) is 13.1. The number of sulfonamides is 1. The Bertz CT molecular complexity index is 725. The second kappa shape index (κ2) is 4.86. The van der Waals surface area contributed by atoms with E-state index in [1.54, 1.807) is 43.3 Å². The van der Waals surface area contributed by atoms with Gasteiger partial charge in [-0.15, -0.1) is 0 Å². The van der Waals surface area contributed by atoms with Crippen molar-refractivity contribution in [1.82, 2.24) is 9.97 Å². The summed E-state index contributed by atoms with van der Waals surface area (Å²) in [6.45, 7) is 1.77. The lowest BCUT2D eigenvalue weighted by Crippen LogP contribution is -2.14. The molecule has 1 saturated carbocycles. The summed E-state index contributed by atoms with van der Waals surface area (Å²) in [5, 5.41) is 0. The van der Waals surface area contributed by atoms with E-state index < -0.39 is 10.0 Å². The van der Waals surface area contributed by atoms with Crippen molar-refractivity contribution in [2.24, 2.45) is 0 Å². The van der Waals surface area contributed by atoms with Gasteiger partial charge in [0.15, 0.2) is 0 Å². The molecule has 6 heteroatoms. The molecule has 0 bridgehead atoms. The van der Waals surface area contributed by atoms with E-state index in [0.29, 0.717) is 17.6 Å². The molecule has 0 amide bonds. The Labute approximate surface area is 118 Å². The van der Waals surface area contributed by atoms with Crippen molar-refractivity contribution in [2.75, 3.05) is 4.72 Å². The molecule has 3 rings (SSSR count). The molecule has 20 heavy (non-hydrogen) atoms. The smallest absolute Gasteiger partial charge is 0.263 e. The van der Waals surface area contributed by atoms with Gasteiger partial charge in [-0.25, -0.2) is 18.4 Å². The molecule has 1 aliphatic carbocycles. The van der Waals surface area contributed by atoms with Crippen molar-refractivity contribution in [1.29, 1.82) is 0 Å². The average molecular weight is 289 g/mol. The van der Waals surface area contributed by atoms with Gasteiger partial charge < -0.3 is 0 Å². The van der Waals surface area contributed by atoms with Crippen molar-refractivity contribution in [2.45, 2.75) is 30.6 Å². The molecular weight excluding hydrogens is 274 g/mol. The van der Waals surface area contributed by atoms with Crippen molar-refractivity contribution < 1.29 is 8.42 Å². The van der Waals surface area contributed by atoms with Crippen LogP contribution in [0.15, 0.2) is 41.3 Å². The van der Waals surface area contributed by atoms with E-state index in [4.69, 9.17) is 0 Å². The normalized spacial score (nSPS) is 15.1. The second-order valence-electron chi connectivity index (χ2n) is 4.92. The van der Waals surface area contributed by atoms with Gasteiger partial charge in [-0.1, -0.05) is 18.2 Å². The summed E-state index contributed by atoms with van der Waals surface area (Å²) in [5.41, 5.74) is 0.920. The van der Waals surface area contributed by atoms with Crippen LogP contribution in [0.3, 0.4) is 0 Å². The summed E-state index contributed by atoms with van der Waals surface area (Å²) in [4.78, 5) is 8.73. The van der Waals surface area contributed by atoms with Crippen LogP contribution >= 0.6 is 0 Å². The highest BCUT2D eigenvalue weighted by Crippen LogP contribution is 2.39. The minimum atomic E-state index is -3.59. The summed E-state index contributed by atoms with van der Waals surface area (Å²) < 4.78 is 27.0. The van der Waals surface area contributed by atoms with Gasteiger partial charge in [0.25, 0.3) is 10.0 Å². The van der Waals surface area contributed by atoms with Crippen LogP contribution < -0.4 is 4.72 Å². The van der Waals surface area contributed by atoms with Gasteiger partial charge in [-0.05, 0) is 31.9 Å². The molecule has 104 valence electrons. The van der Waals surface area contributed by atoms with Gasteiger partial charge in [0.05, 0.1) is 4.90 Å². The minimum absolute atomic E-state index is 0.226. The fourth-order valence-corrected chi connectivity index (χ4v) is 3.04. The van der Waals surface area contributed by atoms with Crippen LogP contribution in [-0.4, -0.2) is 18.4 Å². The Morgan fingerprint density at radius 2 is 1.85 bits per heavy atom. The minimum Gasteiger partial charge on any atom is -0.263 e. The zero-order chi connectivity index (χ0) is 14.2. The Balaban J connectivity index is 1.91. The quantitative estimate of drug-likeness (QED) is 0.938. The fraction of sp³-hybridized carbons (Fsp3) is 0.286. The number of nitrogens with zero attached hydrogens (tertiary/aromatic N) is 2. The van der Waals surface area contributed by atoms with Crippen LogP contribution in [0.4, 0.5) is 5.82 Å². The number of benzene rings is 1. The van der Waals surface area contributed by atoms with Crippen LogP contribution in [0.2, 0.25) is 0 Å². The Kier molecular flexibility index (Phi) is 3.17. The molecule has 1 fully saturated rings. The Morgan fingerprint density at radius 3 is 2.50 bits per heavy atom. The van der Waals surface area contributed by atoms with Crippen LogP contribution in [0.1, 0.15) is 30.3 Å². The lowest BCUT2D eigenvalue weighted by Gasteiger charge is -2.09. The molecule has 5 nitrogen and oxygen atoms in total. The number of hydrogen-bond acceptors (Lipinski definition) is 4. The third-order valence-electron chi connectivity index (χ3n) is 3.15. The summed E-state index contributed by atoms with van der Waals surface area (Å²) >= 11 is 0.